The van der Waals surface area contributed by atoms with E-state index in [-0.39, 0.29) is 0 Å². The molecule has 0 radical (unpaired) electrons. The van der Waals surface area contributed by atoms with Crippen molar-refractivity contribution in [1.82, 2.24) is 0 Å². The molecule has 3 N–H and O–H groups in total. The van der Waals surface area contributed by atoms with Gasteiger partial charge in [-0.15, -0.1) is 0 Å². The van der Waals surface area contributed by atoms with E-state index in [0.717, 1.165) is 12.1 Å². The highest BCUT2D eigenvalue weighted by molar-refractivity contribution is 5.51. The van der Waals surface area contributed by atoms with Crippen molar-refractivity contribution in [3.05, 3.63) is 23.8 Å². The number of aromatic hydroxyl groups is 1. The molecule has 0 saturated carbocycles. The molecule has 2 nitrogen and oxygen atoms in total. The van der Waals surface area contributed by atoms with Crippen molar-refractivity contribution in [1.29, 1.82) is 0 Å². The zero-order valence-electron chi connectivity index (χ0n) is 9.25. The standard InChI is InChI=1S/C10H13NO.C2H6/c1-7-5-6-8-3-2-4-9(12)10(8)11-7;1-2/h2-4,7,11-12H,5-6H2,1H3;1-2H3/p+1. The predicted molar refractivity (Wildman–Crippen MR) is 58.8 cm³/mol. The van der Waals surface area contributed by atoms with Gasteiger partial charge in [-0.3, -0.25) is 0 Å². The van der Waals surface area contributed by atoms with E-state index in [9.17, 15) is 5.11 Å². The maximum absolute atomic E-state index is 9.54. The van der Waals surface area contributed by atoms with E-state index >= 15 is 0 Å². The molecule has 0 aliphatic carbocycles. The second-order valence-corrected chi connectivity index (χ2v) is 3.53. The lowest BCUT2D eigenvalue weighted by molar-refractivity contribution is -0.612. The molecule has 1 aromatic rings. The minimum atomic E-state index is 0.430. The molecule has 1 unspecified atom stereocenters. The normalized spacial score (nSPS) is 19.2. The Morgan fingerprint density at radius 1 is 1.36 bits per heavy atom. The maximum Gasteiger partial charge on any atom is 0.177 e. The number of phenols is 1. The molecule has 1 aromatic carbocycles. The molecule has 1 heterocycles. The number of rotatable bonds is 0. The first-order chi connectivity index (χ1) is 6.77. The van der Waals surface area contributed by atoms with E-state index in [0.29, 0.717) is 11.8 Å². The molecular formula is C12H20NO+. The van der Waals surface area contributed by atoms with Crippen molar-refractivity contribution in [3.8, 4) is 5.75 Å². The smallest absolute Gasteiger partial charge is 0.177 e. The molecule has 0 amide bonds. The quantitative estimate of drug-likeness (QED) is 0.480. The summed E-state index contributed by atoms with van der Waals surface area (Å²) in [6, 6.07) is 6.37. The molecule has 0 saturated heterocycles. The van der Waals surface area contributed by atoms with E-state index in [1.165, 1.54) is 12.0 Å². The molecule has 0 bridgehead atoms. The monoisotopic (exact) mass is 194 g/mol. The fourth-order valence-electron chi connectivity index (χ4n) is 1.76. The van der Waals surface area contributed by atoms with Gasteiger partial charge in [-0.25, -0.2) is 0 Å². The van der Waals surface area contributed by atoms with E-state index in [1.54, 1.807) is 6.07 Å². The number of nitrogens with two attached hydrogens (primary N) is 1. The summed E-state index contributed by atoms with van der Waals surface area (Å²) < 4.78 is 0. The topological polar surface area (TPSA) is 36.8 Å². The molecular weight excluding hydrogens is 174 g/mol. The summed E-state index contributed by atoms with van der Waals surface area (Å²) >= 11 is 0. The van der Waals surface area contributed by atoms with Crippen LogP contribution in [0.1, 0.15) is 32.8 Å². The van der Waals surface area contributed by atoms with Crippen molar-refractivity contribution in [2.75, 3.05) is 0 Å². The predicted octanol–water partition coefficient (Wildman–Crippen LogP) is 1.95. The molecule has 78 valence electrons. The highest BCUT2D eigenvalue weighted by Gasteiger charge is 2.20. The number of hydrogen-bond donors (Lipinski definition) is 2. The van der Waals surface area contributed by atoms with Gasteiger partial charge in [0.05, 0.1) is 6.04 Å². The Morgan fingerprint density at radius 3 is 2.79 bits per heavy atom. The highest BCUT2D eigenvalue weighted by Crippen LogP contribution is 2.26. The molecule has 1 aliphatic heterocycles. The van der Waals surface area contributed by atoms with Crippen LogP contribution >= 0.6 is 0 Å². The van der Waals surface area contributed by atoms with Gasteiger partial charge in [-0.2, -0.15) is 0 Å². The van der Waals surface area contributed by atoms with Crippen molar-refractivity contribution in [3.63, 3.8) is 0 Å². The van der Waals surface area contributed by atoms with Crippen LogP contribution in [0.25, 0.3) is 0 Å². The van der Waals surface area contributed by atoms with E-state index < -0.39 is 0 Å². The zero-order valence-corrected chi connectivity index (χ0v) is 9.25. The first-order valence-electron chi connectivity index (χ1n) is 5.43. The van der Waals surface area contributed by atoms with Gasteiger partial charge < -0.3 is 10.4 Å². The van der Waals surface area contributed by atoms with Crippen molar-refractivity contribution >= 4 is 5.69 Å². The van der Waals surface area contributed by atoms with Crippen LogP contribution in [0.15, 0.2) is 18.2 Å². The zero-order chi connectivity index (χ0) is 10.6. The summed E-state index contributed by atoms with van der Waals surface area (Å²) in [4.78, 5) is 0. The van der Waals surface area contributed by atoms with E-state index in [4.69, 9.17) is 0 Å². The average molecular weight is 194 g/mol. The number of aryl methyl sites for hydroxylation is 1. The first-order valence-corrected chi connectivity index (χ1v) is 5.43. The van der Waals surface area contributed by atoms with Crippen molar-refractivity contribution < 1.29 is 10.4 Å². The summed E-state index contributed by atoms with van der Waals surface area (Å²) in [7, 11) is 0. The van der Waals surface area contributed by atoms with E-state index in [1.807, 2.05) is 19.9 Å². The van der Waals surface area contributed by atoms with Crippen LogP contribution in [0.2, 0.25) is 0 Å². The number of para-hydroxylation sites is 1. The van der Waals surface area contributed by atoms with Crippen LogP contribution in [-0.2, 0) is 6.42 Å². The van der Waals surface area contributed by atoms with E-state index in [2.05, 4.69) is 18.3 Å². The molecule has 2 heteroatoms. The fourth-order valence-corrected chi connectivity index (χ4v) is 1.76. The van der Waals surface area contributed by atoms with Crippen molar-refractivity contribution in [2.45, 2.75) is 39.7 Å². The molecule has 0 spiro atoms. The van der Waals surface area contributed by atoms with Gasteiger partial charge in [0.15, 0.2) is 11.4 Å². The van der Waals surface area contributed by atoms with Crippen molar-refractivity contribution in [2.24, 2.45) is 0 Å². The lowest BCUT2D eigenvalue weighted by atomic mass is 9.99. The third-order valence-corrected chi connectivity index (χ3v) is 2.49. The van der Waals surface area contributed by atoms with Gasteiger partial charge in [-0.1, -0.05) is 26.0 Å². The first kappa shape index (κ1) is 11.1. The Labute approximate surface area is 86.0 Å². The third-order valence-electron chi connectivity index (χ3n) is 2.49. The molecule has 0 fully saturated rings. The van der Waals surface area contributed by atoms with Crippen LogP contribution in [0, 0.1) is 0 Å². The van der Waals surface area contributed by atoms with Crippen LogP contribution < -0.4 is 5.32 Å². The van der Waals surface area contributed by atoms with Gasteiger partial charge in [0.1, 0.15) is 0 Å². The number of benzene rings is 1. The Kier molecular flexibility index (Phi) is 3.96. The Bertz CT molecular complexity index is 296. The summed E-state index contributed by atoms with van der Waals surface area (Å²) in [6.07, 6.45) is 2.30. The molecule has 2 rings (SSSR count). The molecule has 1 atom stereocenters. The average Bonchev–Trinajstić information content (AvgIpc) is 2.22. The number of fused-ring (bicyclic) bond motifs is 1. The summed E-state index contributed by atoms with van der Waals surface area (Å²) in [5.74, 6) is 0.430. The minimum absolute atomic E-state index is 0.430. The van der Waals surface area contributed by atoms with Gasteiger partial charge in [-0.05, 0) is 19.4 Å². The molecule has 1 aliphatic rings. The number of phenolic OH excluding ortho intramolecular Hbond substituents is 1. The summed E-state index contributed by atoms with van der Waals surface area (Å²) in [5, 5.41) is 11.7. The van der Waals surface area contributed by atoms with Gasteiger partial charge in [0.25, 0.3) is 0 Å². The lowest BCUT2D eigenvalue weighted by Crippen LogP contribution is -2.85. The Morgan fingerprint density at radius 2 is 2.07 bits per heavy atom. The number of quaternary nitrogens is 1. The Balaban J connectivity index is 0.000000461. The van der Waals surface area contributed by atoms with Gasteiger partial charge >= 0.3 is 0 Å². The molecule has 0 aromatic heterocycles. The Hall–Kier alpha value is -1.02. The summed E-state index contributed by atoms with van der Waals surface area (Å²) in [6.45, 7) is 6.19. The number of hydrogen-bond acceptors (Lipinski definition) is 1. The van der Waals surface area contributed by atoms with Gasteiger partial charge in [0.2, 0.25) is 0 Å². The molecule has 14 heavy (non-hydrogen) atoms. The second kappa shape index (κ2) is 5.01. The minimum Gasteiger partial charge on any atom is -0.503 e. The van der Waals surface area contributed by atoms with Crippen LogP contribution in [0.5, 0.6) is 5.75 Å². The van der Waals surface area contributed by atoms with Crippen LogP contribution in [0.4, 0.5) is 5.69 Å². The van der Waals surface area contributed by atoms with Crippen LogP contribution in [-0.4, -0.2) is 11.1 Å². The third kappa shape index (κ3) is 2.26. The van der Waals surface area contributed by atoms with Gasteiger partial charge in [0, 0.05) is 12.0 Å². The summed E-state index contributed by atoms with van der Waals surface area (Å²) in [5.41, 5.74) is 2.34. The SMILES string of the molecule is CC.CC1CCc2cccc(O)c2[NH2+]1. The fraction of sp³-hybridized carbons (Fsp3) is 0.500. The highest BCUT2D eigenvalue weighted by atomic mass is 16.3. The largest absolute Gasteiger partial charge is 0.503 e. The lowest BCUT2D eigenvalue weighted by Gasteiger charge is -2.19. The second-order valence-electron chi connectivity index (χ2n) is 3.53. The maximum atomic E-state index is 9.54. The van der Waals surface area contributed by atoms with Crippen LogP contribution in [0.3, 0.4) is 0 Å².